The third kappa shape index (κ3) is 10.1. The van der Waals surface area contributed by atoms with Crippen LogP contribution in [0.2, 0.25) is 0 Å². The summed E-state index contributed by atoms with van der Waals surface area (Å²) in [5, 5.41) is 2.86. The Labute approximate surface area is 41.8 Å². The van der Waals surface area contributed by atoms with Crippen molar-refractivity contribution in [3.05, 3.63) is 0 Å². The lowest BCUT2D eigenvalue weighted by Crippen LogP contribution is -2.23. The van der Waals surface area contributed by atoms with E-state index in [1.165, 1.54) is 0 Å². The molecule has 0 bridgehead atoms. The lowest BCUT2D eigenvalue weighted by molar-refractivity contribution is 1.21. The number of hydrogen-bond acceptors (Lipinski definition) is 2. The molecule has 0 heterocycles. The average molecular weight is 111 g/mol. The molecule has 5 heteroatoms. The van der Waals surface area contributed by atoms with Crippen LogP contribution in [0, 0.1) is 0 Å². The molecule has 0 unspecified atom stereocenters. The Bertz CT molecular complexity index is 45.5. The molecule has 6 heavy (non-hydrogen) atoms. The molecule has 0 fully saturated rings. The van der Waals surface area contributed by atoms with Crippen molar-refractivity contribution in [2.75, 3.05) is 0 Å². The van der Waals surface area contributed by atoms with Gasteiger partial charge in [-0.2, -0.15) is 0 Å². The Morgan fingerprint density at radius 2 is 1.50 bits per heavy atom. The number of rotatable bonds is 0. The molecule has 0 atom stereocenters. The van der Waals surface area contributed by atoms with E-state index in [1.807, 2.05) is 0 Å². The van der Waals surface area contributed by atoms with Gasteiger partial charge in [0.25, 0.3) is 0 Å². The topological polar surface area (TPSA) is 90.4 Å². The molecular formula is CH7ClN4. The molecule has 0 aliphatic carbocycles. The number of guanidine groups is 1. The van der Waals surface area contributed by atoms with Gasteiger partial charge in [0.05, 0.1) is 0 Å². The van der Waals surface area contributed by atoms with Gasteiger partial charge < -0.3 is 17.3 Å². The Hall–Kier alpha value is -0.640. The fraction of sp³-hybridized carbons (Fsp3) is 0. The van der Waals surface area contributed by atoms with Crippen LogP contribution in [0.3, 0.4) is 0 Å². The molecule has 38 valence electrons. The largest absolute Gasteiger partial charge is 0.369 e. The van der Waals surface area contributed by atoms with Crippen LogP contribution in [-0.2, 0) is 0 Å². The number of nitrogens with two attached hydrogens (primary N) is 3. The van der Waals surface area contributed by atoms with E-state index in [0.717, 1.165) is 0 Å². The van der Waals surface area contributed by atoms with Gasteiger partial charge in [-0.15, -0.1) is 17.5 Å². The van der Waals surface area contributed by atoms with Gasteiger partial charge in [0.15, 0.2) is 0 Å². The summed E-state index contributed by atoms with van der Waals surface area (Å²) in [5.74, 6) is 4.42. The van der Waals surface area contributed by atoms with Crippen molar-refractivity contribution in [2.45, 2.75) is 0 Å². The first-order chi connectivity index (χ1) is 2.27. The second-order valence-corrected chi connectivity index (χ2v) is 0.554. The van der Waals surface area contributed by atoms with E-state index >= 15 is 0 Å². The van der Waals surface area contributed by atoms with Gasteiger partial charge >= 0.3 is 0 Å². The fourth-order valence-corrected chi connectivity index (χ4v) is 0. The zero-order valence-electron chi connectivity index (χ0n) is 3.09. The lowest BCUT2D eigenvalue weighted by atomic mass is 11.1. The monoisotopic (exact) mass is 110 g/mol. The SMILES string of the molecule is Cl.NN=C(N)N. The van der Waals surface area contributed by atoms with Crippen molar-refractivity contribution in [1.82, 2.24) is 0 Å². The van der Waals surface area contributed by atoms with Crippen molar-refractivity contribution in [3.63, 3.8) is 0 Å². The predicted octanol–water partition coefficient (Wildman–Crippen LogP) is -1.44. The molecule has 0 saturated carbocycles. The van der Waals surface area contributed by atoms with Crippen LogP contribution < -0.4 is 17.3 Å². The molecular weight excluding hydrogens is 103 g/mol. The van der Waals surface area contributed by atoms with Gasteiger partial charge in [-0.25, -0.2) is 0 Å². The van der Waals surface area contributed by atoms with Gasteiger partial charge in [-0.1, -0.05) is 0 Å². The minimum atomic E-state index is -0.0926. The van der Waals surface area contributed by atoms with Crippen LogP contribution in [0.1, 0.15) is 0 Å². The Morgan fingerprint density at radius 1 is 1.33 bits per heavy atom. The Kier molecular flexibility index (Phi) is 6.56. The van der Waals surface area contributed by atoms with Crippen LogP contribution in [-0.4, -0.2) is 5.96 Å². The first-order valence-electron chi connectivity index (χ1n) is 1.06. The van der Waals surface area contributed by atoms with E-state index in [-0.39, 0.29) is 18.4 Å². The van der Waals surface area contributed by atoms with E-state index in [4.69, 9.17) is 11.5 Å². The molecule has 6 N–H and O–H groups in total. The van der Waals surface area contributed by atoms with Crippen molar-refractivity contribution in [2.24, 2.45) is 22.4 Å². The van der Waals surface area contributed by atoms with Crippen LogP contribution in [0.5, 0.6) is 0 Å². The van der Waals surface area contributed by atoms with Crippen molar-refractivity contribution >= 4 is 18.4 Å². The summed E-state index contributed by atoms with van der Waals surface area (Å²) < 4.78 is 0. The quantitative estimate of drug-likeness (QED) is 0.154. The number of nitrogens with zero attached hydrogens (tertiary/aromatic N) is 1. The van der Waals surface area contributed by atoms with E-state index in [2.05, 4.69) is 10.9 Å². The summed E-state index contributed by atoms with van der Waals surface area (Å²) in [6.45, 7) is 0. The molecule has 0 aromatic heterocycles. The predicted molar refractivity (Wildman–Crippen MR) is 27.2 cm³/mol. The zero-order chi connectivity index (χ0) is 4.28. The maximum Gasteiger partial charge on any atom is 0.208 e. The highest BCUT2D eigenvalue weighted by atomic mass is 35.5. The molecule has 0 amide bonds. The summed E-state index contributed by atoms with van der Waals surface area (Å²) in [4.78, 5) is 0. The van der Waals surface area contributed by atoms with Crippen LogP contribution in [0.4, 0.5) is 0 Å². The highest BCUT2D eigenvalue weighted by Gasteiger charge is 1.62. The summed E-state index contributed by atoms with van der Waals surface area (Å²) in [5.41, 5.74) is 9.39. The number of halogens is 1. The molecule has 0 spiro atoms. The molecule has 0 radical (unpaired) electrons. The fourth-order valence-electron chi connectivity index (χ4n) is 0. The molecule has 0 aromatic carbocycles. The van der Waals surface area contributed by atoms with Gasteiger partial charge in [-0.3, -0.25) is 0 Å². The Balaban J connectivity index is 0. The van der Waals surface area contributed by atoms with Gasteiger partial charge in [0.1, 0.15) is 0 Å². The minimum absolute atomic E-state index is 0. The maximum absolute atomic E-state index is 4.69. The summed E-state index contributed by atoms with van der Waals surface area (Å²) in [6, 6.07) is 0. The van der Waals surface area contributed by atoms with Crippen LogP contribution in [0.15, 0.2) is 5.10 Å². The molecule has 0 saturated heterocycles. The average Bonchev–Trinajstić information content (AvgIpc) is 1.38. The van der Waals surface area contributed by atoms with Gasteiger partial charge in [0.2, 0.25) is 5.96 Å². The third-order valence-corrected chi connectivity index (χ3v) is 0.149. The summed E-state index contributed by atoms with van der Waals surface area (Å²) in [7, 11) is 0. The Morgan fingerprint density at radius 3 is 1.50 bits per heavy atom. The maximum atomic E-state index is 4.69. The highest BCUT2D eigenvalue weighted by molar-refractivity contribution is 5.85. The van der Waals surface area contributed by atoms with Gasteiger partial charge in [-0.05, 0) is 0 Å². The molecule has 0 aliphatic rings. The van der Waals surface area contributed by atoms with Crippen molar-refractivity contribution < 1.29 is 0 Å². The van der Waals surface area contributed by atoms with Crippen molar-refractivity contribution in [3.8, 4) is 0 Å². The summed E-state index contributed by atoms with van der Waals surface area (Å²) >= 11 is 0. The van der Waals surface area contributed by atoms with Gasteiger partial charge in [0, 0.05) is 0 Å². The second-order valence-electron chi connectivity index (χ2n) is 0.554. The normalized spacial score (nSPS) is 5.33. The number of hydrogen-bond donors (Lipinski definition) is 3. The van der Waals surface area contributed by atoms with E-state index < -0.39 is 0 Å². The van der Waals surface area contributed by atoms with Crippen LogP contribution >= 0.6 is 12.4 Å². The number of hydrazone groups is 1. The third-order valence-electron chi connectivity index (χ3n) is 0.149. The van der Waals surface area contributed by atoms with E-state index in [9.17, 15) is 0 Å². The smallest absolute Gasteiger partial charge is 0.208 e. The minimum Gasteiger partial charge on any atom is -0.369 e. The second kappa shape index (κ2) is 4.36. The standard InChI is InChI=1S/CH6N4.ClH/c2-1(3)5-4;/h4H2,(H4,2,3,5);1H. The molecule has 4 nitrogen and oxygen atoms in total. The molecule has 0 rings (SSSR count). The first kappa shape index (κ1) is 9.03. The first-order valence-corrected chi connectivity index (χ1v) is 1.06. The van der Waals surface area contributed by atoms with Crippen LogP contribution in [0.25, 0.3) is 0 Å². The summed E-state index contributed by atoms with van der Waals surface area (Å²) in [6.07, 6.45) is 0. The highest BCUT2D eigenvalue weighted by Crippen LogP contribution is 1.31. The van der Waals surface area contributed by atoms with Crippen molar-refractivity contribution in [1.29, 1.82) is 0 Å². The molecule has 0 aliphatic heterocycles. The van der Waals surface area contributed by atoms with E-state index in [0.29, 0.717) is 0 Å². The van der Waals surface area contributed by atoms with E-state index in [1.54, 1.807) is 0 Å². The zero-order valence-corrected chi connectivity index (χ0v) is 3.90. The molecule has 0 aromatic rings. The lowest BCUT2D eigenvalue weighted by Gasteiger charge is -1.76.